The van der Waals surface area contributed by atoms with Crippen molar-refractivity contribution in [2.75, 3.05) is 7.11 Å². The molecule has 0 fully saturated rings. The van der Waals surface area contributed by atoms with Gasteiger partial charge in [-0.25, -0.2) is 4.39 Å². The summed E-state index contributed by atoms with van der Waals surface area (Å²) in [4.78, 5) is 0. The predicted molar refractivity (Wildman–Crippen MR) is 75.6 cm³/mol. The zero-order chi connectivity index (χ0) is 14.1. The Morgan fingerprint density at radius 1 is 1.10 bits per heavy atom. The first-order chi connectivity index (χ1) is 9.70. The molecule has 104 valence electrons. The van der Waals surface area contributed by atoms with E-state index in [9.17, 15) is 4.39 Å². The van der Waals surface area contributed by atoms with Crippen LogP contribution in [0.2, 0.25) is 0 Å². The molecule has 20 heavy (non-hydrogen) atoms. The maximum absolute atomic E-state index is 14.0. The third-order valence-corrected chi connectivity index (χ3v) is 3.82. The van der Waals surface area contributed by atoms with Crippen molar-refractivity contribution in [1.29, 1.82) is 0 Å². The molecule has 2 aromatic carbocycles. The van der Waals surface area contributed by atoms with Crippen molar-refractivity contribution in [2.45, 2.75) is 19.4 Å². The maximum atomic E-state index is 14.0. The van der Waals surface area contributed by atoms with Crippen molar-refractivity contribution < 1.29 is 13.9 Å². The lowest BCUT2D eigenvalue weighted by Gasteiger charge is -2.21. The molecular formula is C17H17FO2. The Labute approximate surface area is 118 Å². The summed E-state index contributed by atoms with van der Waals surface area (Å²) in [5, 5.41) is 0. The summed E-state index contributed by atoms with van der Waals surface area (Å²) in [7, 11) is 1.52. The molecule has 3 rings (SSSR count). The molecule has 0 saturated heterocycles. The molecule has 0 N–H and O–H groups in total. The van der Waals surface area contributed by atoms with E-state index in [4.69, 9.17) is 9.47 Å². The van der Waals surface area contributed by atoms with E-state index in [0.717, 1.165) is 12.0 Å². The Kier molecular flexibility index (Phi) is 3.35. The van der Waals surface area contributed by atoms with E-state index in [1.807, 2.05) is 12.1 Å². The summed E-state index contributed by atoms with van der Waals surface area (Å²) in [6.07, 6.45) is 0.828. The second-order valence-electron chi connectivity index (χ2n) is 5.19. The van der Waals surface area contributed by atoms with Crippen LogP contribution in [0.25, 0.3) is 0 Å². The van der Waals surface area contributed by atoms with Gasteiger partial charge in [0, 0.05) is 5.92 Å². The van der Waals surface area contributed by atoms with Crippen molar-refractivity contribution in [3.63, 3.8) is 0 Å². The first kappa shape index (κ1) is 13.0. The van der Waals surface area contributed by atoms with E-state index in [2.05, 4.69) is 19.1 Å². The van der Waals surface area contributed by atoms with Crippen LogP contribution in [-0.2, 0) is 6.42 Å². The van der Waals surface area contributed by atoms with Crippen molar-refractivity contribution >= 4 is 0 Å². The Bertz CT molecular complexity index is 624. The molecule has 0 radical (unpaired) electrons. The average molecular weight is 272 g/mol. The first-order valence-corrected chi connectivity index (χ1v) is 6.77. The number of hydrogen-bond donors (Lipinski definition) is 0. The highest BCUT2D eigenvalue weighted by molar-refractivity contribution is 5.43. The Morgan fingerprint density at radius 3 is 2.70 bits per heavy atom. The lowest BCUT2D eigenvalue weighted by molar-refractivity contribution is 0.146. The molecule has 0 aliphatic heterocycles. The number of benzene rings is 2. The summed E-state index contributed by atoms with van der Waals surface area (Å²) < 4.78 is 25.2. The SMILES string of the molecule is COc1cccc(F)c1OC1c2ccccc2C[C@H]1C. The molecule has 2 nitrogen and oxygen atoms in total. The smallest absolute Gasteiger partial charge is 0.197 e. The standard InChI is InChI=1S/C17H17FO2/c1-11-10-12-6-3-4-7-13(12)16(11)20-17-14(18)8-5-9-15(17)19-2/h3-9,11,16H,10H2,1-2H3/t11-,16?/m1/s1. The minimum Gasteiger partial charge on any atom is -0.493 e. The van der Waals surface area contributed by atoms with Gasteiger partial charge in [0.15, 0.2) is 17.3 Å². The minimum absolute atomic E-state index is 0.128. The van der Waals surface area contributed by atoms with E-state index >= 15 is 0 Å². The summed E-state index contributed by atoms with van der Waals surface area (Å²) in [5.74, 6) is 0.558. The van der Waals surface area contributed by atoms with Crippen molar-refractivity contribution in [3.05, 3.63) is 59.4 Å². The molecule has 0 heterocycles. The molecular weight excluding hydrogens is 255 g/mol. The third kappa shape index (κ3) is 2.13. The second-order valence-corrected chi connectivity index (χ2v) is 5.19. The van der Waals surface area contributed by atoms with Gasteiger partial charge in [0.25, 0.3) is 0 Å². The molecule has 1 aliphatic carbocycles. The van der Waals surface area contributed by atoms with Crippen LogP contribution in [0.1, 0.15) is 24.2 Å². The fourth-order valence-electron chi connectivity index (χ4n) is 2.83. The predicted octanol–water partition coefficient (Wildman–Crippen LogP) is 4.15. The van der Waals surface area contributed by atoms with Crippen LogP contribution in [0, 0.1) is 11.7 Å². The number of hydrogen-bond acceptors (Lipinski definition) is 2. The van der Waals surface area contributed by atoms with Gasteiger partial charge in [-0.2, -0.15) is 0 Å². The van der Waals surface area contributed by atoms with Crippen LogP contribution in [0.3, 0.4) is 0 Å². The van der Waals surface area contributed by atoms with Crippen LogP contribution in [-0.4, -0.2) is 7.11 Å². The zero-order valence-corrected chi connectivity index (χ0v) is 11.6. The Balaban J connectivity index is 1.96. The van der Waals surface area contributed by atoms with E-state index in [-0.39, 0.29) is 17.7 Å². The molecule has 0 spiro atoms. The van der Waals surface area contributed by atoms with Crippen molar-refractivity contribution in [1.82, 2.24) is 0 Å². The van der Waals surface area contributed by atoms with Crippen molar-refractivity contribution in [3.8, 4) is 11.5 Å². The number of halogens is 1. The number of para-hydroxylation sites is 1. The molecule has 1 aliphatic rings. The summed E-state index contributed by atoms with van der Waals surface area (Å²) >= 11 is 0. The summed E-state index contributed by atoms with van der Waals surface area (Å²) in [6, 6.07) is 12.9. The molecule has 0 amide bonds. The van der Waals surface area contributed by atoms with Gasteiger partial charge in [-0.05, 0) is 29.7 Å². The fourth-order valence-corrected chi connectivity index (χ4v) is 2.83. The Morgan fingerprint density at radius 2 is 1.90 bits per heavy atom. The minimum atomic E-state index is -0.388. The maximum Gasteiger partial charge on any atom is 0.197 e. The highest BCUT2D eigenvalue weighted by Gasteiger charge is 2.32. The van der Waals surface area contributed by atoms with E-state index in [1.165, 1.54) is 18.7 Å². The molecule has 2 aromatic rings. The number of ether oxygens (including phenoxy) is 2. The largest absolute Gasteiger partial charge is 0.493 e. The van der Waals surface area contributed by atoms with Crippen molar-refractivity contribution in [2.24, 2.45) is 5.92 Å². The van der Waals surface area contributed by atoms with Crippen LogP contribution in [0.5, 0.6) is 11.5 Å². The van der Waals surface area contributed by atoms with Gasteiger partial charge >= 0.3 is 0 Å². The van der Waals surface area contributed by atoms with Gasteiger partial charge in [0.2, 0.25) is 0 Å². The molecule has 0 saturated carbocycles. The third-order valence-electron chi connectivity index (χ3n) is 3.82. The van der Waals surface area contributed by atoms with Gasteiger partial charge < -0.3 is 9.47 Å². The first-order valence-electron chi connectivity index (χ1n) is 6.77. The zero-order valence-electron chi connectivity index (χ0n) is 11.6. The number of fused-ring (bicyclic) bond motifs is 1. The van der Waals surface area contributed by atoms with Gasteiger partial charge in [-0.15, -0.1) is 0 Å². The van der Waals surface area contributed by atoms with E-state index in [0.29, 0.717) is 11.7 Å². The fraction of sp³-hybridized carbons (Fsp3) is 0.294. The van der Waals surface area contributed by atoms with E-state index in [1.54, 1.807) is 12.1 Å². The molecule has 0 bridgehead atoms. The molecule has 0 aromatic heterocycles. The lowest BCUT2D eigenvalue weighted by atomic mass is 10.1. The van der Waals surface area contributed by atoms with Gasteiger partial charge in [-0.3, -0.25) is 0 Å². The van der Waals surface area contributed by atoms with Crippen LogP contribution >= 0.6 is 0 Å². The van der Waals surface area contributed by atoms with Crippen LogP contribution < -0.4 is 9.47 Å². The van der Waals surface area contributed by atoms with Gasteiger partial charge in [0.05, 0.1) is 7.11 Å². The van der Waals surface area contributed by atoms with E-state index < -0.39 is 0 Å². The van der Waals surface area contributed by atoms with Gasteiger partial charge in [-0.1, -0.05) is 37.3 Å². The highest BCUT2D eigenvalue weighted by Crippen LogP contribution is 2.42. The average Bonchev–Trinajstić information content (AvgIpc) is 2.77. The normalized spacial score (nSPS) is 20.6. The van der Waals surface area contributed by atoms with Crippen LogP contribution in [0.4, 0.5) is 4.39 Å². The summed E-state index contributed by atoms with van der Waals surface area (Å²) in [5.41, 5.74) is 2.42. The van der Waals surface area contributed by atoms with Gasteiger partial charge in [0.1, 0.15) is 6.10 Å². The monoisotopic (exact) mass is 272 g/mol. The highest BCUT2D eigenvalue weighted by atomic mass is 19.1. The molecule has 3 heteroatoms. The quantitative estimate of drug-likeness (QED) is 0.835. The Hall–Kier alpha value is -2.03. The number of rotatable bonds is 3. The molecule has 1 unspecified atom stereocenters. The number of methoxy groups -OCH3 is 1. The second kappa shape index (κ2) is 5.16. The topological polar surface area (TPSA) is 18.5 Å². The summed E-state index contributed by atoms with van der Waals surface area (Å²) in [6.45, 7) is 2.12. The molecule has 2 atom stereocenters. The lowest BCUT2D eigenvalue weighted by Crippen LogP contribution is -2.12. The van der Waals surface area contributed by atoms with Crippen LogP contribution in [0.15, 0.2) is 42.5 Å².